The van der Waals surface area contributed by atoms with Gasteiger partial charge in [0.15, 0.2) is 5.17 Å². The number of hydrogen-bond acceptors (Lipinski definition) is 4. The molecule has 2 amide bonds. The van der Waals surface area contributed by atoms with Crippen LogP contribution >= 0.6 is 11.8 Å². The molecule has 1 atom stereocenters. The van der Waals surface area contributed by atoms with Gasteiger partial charge in [-0.1, -0.05) is 18.7 Å². The van der Waals surface area contributed by atoms with Crippen molar-refractivity contribution in [1.82, 2.24) is 10.6 Å². The van der Waals surface area contributed by atoms with Crippen molar-refractivity contribution in [1.29, 1.82) is 0 Å². The number of hydrogen-bond donors (Lipinski definition) is 2. The number of nitrogens with zero attached hydrogens (tertiary/aromatic N) is 1. The van der Waals surface area contributed by atoms with Crippen LogP contribution in [0, 0.1) is 0 Å². The predicted octanol–water partition coefficient (Wildman–Crippen LogP) is 0.120. The molecule has 0 aromatic heterocycles. The van der Waals surface area contributed by atoms with Crippen molar-refractivity contribution in [3.8, 4) is 0 Å². The minimum absolute atomic E-state index is 0.126. The quantitative estimate of drug-likeness (QED) is 0.719. The maximum atomic E-state index is 11.4. The molecule has 0 aliphatic carbocycles. The second-order valence-electron chi connectivity index (χ2n) is 3.16. The van der Waals surface area contributed by atoms with Crippen molar-refractivity contribution in [2.24, 2.45) is 4.99 Å². The van der Waals surface area contributed by atoms with Gasteiger partial charge in [-0.25, -0.2) is 0 Å². The molecule has 5 nitrogen and oxygen atoms in total. The van der Waals surface area contributed by atoms with Crippen LogP contribution in [-0.4, -0.2) is 35.8 Å². The molecule has 0 spiro atoms. The van der Waals surface area contributed by atoms with Gasteiger partial charge in [-0.2, -0.15) is 0 Å². The zero-order valence-corrected chi connectivity index (χ0v) is 9.69. The molecule has 0 unspecified atom stereocenters. The van der Waals surface area contributed by atoms with Gasteiger partial charge in [0.1, 0.15) is 5.25 Å². The van der Waals surface area contributed by atoms with E-state index in [0.29, 0.717) is 11.7 Å². The van der Waals surface area contributed by atoms with Gasteiger partial charge in [-0.3, -0.25) is 14.6 Å². The summed E-state index contributed by atoms with van der Waals surface area (Å²) in [6, 6.07) is 0. The number of aliphatic imine (C=N–C) groups is 1. The summed E-state index contributed by atoms with van der Waals surface area (Å²) < 4.78 is 0. The molecule has 0 radical (unpaired) electrons. The fraction of sp³-hybridized carbons (Fsp3) is 0.667. The Balaban J connectivity index is 2.49. The van der Waals surface area contributed by atoms with Gasteiger partial charge < -0.3 is 10.6 Å². The topological polar surface area (TPSA) is 70.6 Å². The lowest BCUT2D eigenvalue weighted by atomic mass is 10.3. The van der Waals surface area contributed by atoms with Gasteiger partial charge in [-0.15, -0.1) is 0 Å². The van der Waals surface area contributed by atoms with E-state index in [0.717, 1.165) is 6.42 Å². The number of rotatable bonds is 4. The van der Waals surface area contributed by atoms with Gasteiger partial charge in [0.25, 0.3) is 0 Å². The van der Waals surface area contributed by atoms with Crippen molar-refractivity contribution in [2.45, 2.75) is 25.0 Å². The molecular formula is C9H15N3O2S. The number of thioether (sulfide) groups is 1. The van der Waals surface area contributed by atoms with Gasteiger partial charge in [-0.05, 0) is 6.42 Å². The molecule has 2 N–H and O–H groups in total. The molecule has 1 saturated heterocycles. The molecule has 1 rings (SSSR count). The van der Waals surface area contributed by atoms with Gasteiger partial charge in [0.2, 0.25) is 11.8 Å². The Morgan fingerprint density at radius 2 is 2.40 bits per heavy atom. The maximum absolute atomic E-state index is 11.4. The fourth-order valence-corrected chi connectivity index (χ4v) is 2.09. The van der Waals surface area contributed by atoms with Crippen LogP contribution in [0.4, 0.5) is 0 Å². The van der Waals surface area contributed by atoms with Crippen LogP contribution in [0.3, 0.4) is 0 Å². The van der Waals surface area contributed by atoms with Crippen molar-refractivity contribution in [3.05, 3.63) is 0 Å². The van der Waals surface area contributed by atoms with Crippen LogP contribution in [0.15, 0.2) is 4.99 Å². The SMILES string of the molecule is CCCN=C1NC(=O)[C@H](CC(=O)NC)S1. The molecule has 0 saturated carbocycles. The van der Waals surface area contributed by atoms with Gasteiger partial charge >= 0.3 is 0 Å². The van der Waals surface area contributed by atoms with E-state index in [1.807, 2.05) is 6.92 Å². The van der Waals surface area contributed by atoms with Crippen molar-refractivity contribution >= 4 is 28.7 Å². The van der Waals surface area contributed by atoms with Crippen LogP contribution in [-0.2, 0) is 9.59 Å². The van der Waals surface area contributed by atoms with E-state index in [1.54, 1.807) is 7.05 Å². The van der Waals surface area contributed by atoms with E-state index in [1.165, 1.54) is 11.8 Å². The number of nitrogens with one attached hydrogen (secondary N) is 2. The minimum Gasteiger partial charge on any atom is -0.359 e. The molecule has 0 aromatic rings. The molecule has 6 heteroatoms. The number of carbonyl (C=O) groups excluding carboxylic acids is 2. The molecule has 15 heavy (non-hydrogen) atoms. The molecule has 1 aliphatic heterocycles. The Labute approximate surface area is 93.1 Å². The largest absolute Gasteiger partial charge is 0.359 e. The highest BCUT2D eigenvalue weighted by Gasteiger charge is 2.31. The average molecular weight is 229 g/mol. The lowest BCUT2D eigenvalue weighted by Gasteiger charge is -2.02. The number of amides is 2. The predicted molar refractivity (Wildman–Crippen MR) is 60.8 cm³/mol. The first kappa shape index (κ1) is 12.0. The van der Waals surface area contributed by atoms with Crippen LogP contribution in [0.2, 0.25) is 0 Å². The third kappa shape index (κ3) is 3.54. The summed E-state index contributed by atoms with van der Waals surface area (Å²) in [6.07, 6.45) is 1.15. The van der Waals surface area contributed by atoms with Crippen LogP contribution in [0.1, 0.15) is 19.8 Å². The Bertz CT molecular complexity index is 291. The summed E-state index contributed by atoms with van der Waals surface area (Å²) >= 11 is 1.33. The first-order chi connectivity index (χ1) is 7.17. The highest BCUT2D eigenvalue weighted by atomic mass is 32.2. The van der Waals surface area contributed by atoms with E-state index in [4.69, 9.17) is 0 Å². The third-order valence-corrected chi connectivity index (χ3v) is 3.02. The van der Waals surface area contributed by atoms with E-state index >= 15 is 0 Å². The minimum atomic E-state index is -0.333. The van der Waals surface area contributed by atoms with Crippen molar-refractivity contribution in [3.63, 3.8) is 0 Å². The lowest BCUT2D eigenvalue weighted by molar-refractivity contribution is -0.124. The molecular weight excluding hydrogens is 214 g/mol. The Kier molecular flexibility index (Phi) is 4.61. The van der Waals surface area contributed by atoms with E-state index in [-0.39, 0.29) is 23.5 Å². The average Bonchev–Trinajstić information content (AvgIpc) is 2.56. The van der Waals surface area contributed by atoms with Gasteiger partial charge in [0, 0.05) is 20.0 Å². The molecule has 0 aromatic carbocycles. The first-order valence-electron chi connectivity index (χ1n) is 4.90. The number of carbonyl (C=O) groups is 2. The Morgan fingerprint density at radius 1 is 1.67 bits per heavy atom. The third-order valence-electron chi connectivity index (χ3n) is 1.91. The zero-order chi connectivity index (χ0) is 11.3. The maximum Gasteiger partial charge on any atom is 0.240 e. The molecule has 84 valence electrons. The summed E-state index contributed by atoms with van der Waals surface area (Å²) in [5, 5.41) is 5.46. The highest BCUT2D eigenvalue weighted by molar-refractivity contribution is 8.15. The standard InChI is InChI=1S/C9H15N3O2S/c1-3-4-11-9-12-8(14)6(15-9)5-7(13)10-2/h6H,3-5H2,1-2H3,(H,10,13)(H,11,12,14)/t6-/m0/s1. The molecule has 1 heterocycles. The van der Waals surface area contributed by atoms with Gasteiger partial charge in [0.05, 0.1) is 0 Å². The smallest absolute Gasteiger partial charge is 0.240 e. The zero-order valence-electron chi connectivity index (χ0n) is 8.87. The second kappa shape index (κ2) is 5.75. The Morgan fingerprint density at radius 3 is 3.00 bits per heavy atom. The van der Waals surface area contributed by atoms with Crippen LogP contribution < -0.4 is 10.6 Å². The first-order valence-corrected chi connectivity index (χ1v) is 5.78. The van der Waals surface area contributed by atoms with Crippen molar-refractivity contribution in [2.75, 3.05) is 13.6 Å². The lowest BCUT2D eigenvalue weighted by Crippen LogP contribution is -2.29. The second-order valence-corrected chi connectivity index (χ2v) is 4.35. The summed E-state index contributed by atoms with van der Waals surface area (Å²) in [7, 11) is 1.56. The number of amidine groups is 1. The Hall–Kier alpha value is -1.04. The summed E-state index contributed by atoms with van der Waals surface area (Å²) in [6.45, 7) is 2.73. The van der Waals surface area contributed by atoms with Crippen molar-refractivity contribution < 1.29 is 9.59 Å². The van der Waals surface area contributed by atoms with E-state index in [9.17, 15) is 9.59 Å². The van der Waals surface area contributed by atoms with Crippen LogP contribution in [0.25, 0.3) is 0 Å². The molecule has 1 fully saturated rings. The highest BCUT2D eigenvalue weighted by Crippen LogP contribution is 2.22. The summed E-state index contributed by atoms with van der Waals surface area (Å²) in [5.41, 5.74) is 0. The van der Waals surface area contributed by atoms with E-state index < -0.39 is 0 Å². The molecule has 1 aliphatic rings. The normalized spacial score (nSPS) is 22.9. The monoisotopic (exact) mass is 229 g/mol. The molecule has 0 bridgehead atoms. The summed E-state index contributed by atoms with van der Waals surface area (Å²) in [4.78, 5) is 26.7. The summed E-state index contributed by atoms with van der Waals surface area (Å²) in [5.74, 6) is -0.252. The van der Waals surface area contributed by atoms with E-state index in [2.05, 4.69) is 15.6 Å². The van der Waals surface area contributed by atoms with Crippen LogP contribution in [0.5, 0.6) is 0 Å². The fourth-order valence-electron chi connectivity index (χ4n) is 1.10.